The van der Waals surface area contributed by atoms with Crippen LogP contribution in [-0.2, 0) is 9.59 Å². The lowest BCUT2D eigenvalue weighted by Gasteiger charge is -2.18. The number of anilines is 1. The molecular weight excluding hydrogens is 297 g/mol. The molecule has 2 aliphatic carbocycles. The van der Waals surface area contributed by atoms with Gasteiger partial charge in [-0.15, -0.1) is 0 Å². The third-order valence-corrected chi connectivity index (χ3v) is 5.45. The Hall–Kier alpha value is -1.32. The first kappa shape index (κ1) is 12.4. The fraction of sp³-hybridized carbons (Fsp3) is 0.333. The van der Waals surface area contributed by atoms with Crippen LogP contribution in [0.25, 0.3) is 0 Å². The average molecular weight is 308 g/mol. The van der Waals surface area contributed by atoms with Crippen LogP contribution in [0.3, 0.4) is 0 Å². The summed E-state index contributed by atoms with van der Waals surface area (Å²) in [7, 11) is 0. The molecule has 1 aromatic rings. The summed E-state index contributed by atoms with van der Waals surface area (Å²) in [5.74, 6) is -0.309. The molecule has 4 atom stereocenters. The molecule has 2 amide bonds. The number of carbonyl (C=O) groups excluding carboxylic acids is 2. The van der Waals surface area contributed by atoms with Crippen LogP contribution < -0.4 is 4.90 Å². The number of hydrogen-bond acceptors (Lipinski definition) is 2. The molecule has 0 N–H and O–H groups in total. The van der Waals surface area contributed by atoms with Gasteiger partial charge in [-0.05, 0) is 30.4 Å². The van der Waals surface area contributed by atoms with Crippen LogP contribution in [0.5, 0.6) is 0 Å². The fourth-order valence-electron chi connectivity index (χ4n) is 3.80. The number of rotatable bonds is 1. The quantitative estimate of drug-likeness (QED) is 0.589. The molecule has 0 radical (unpaired) electrons. The maximum Gasteiger partial charge on any atom is 0.238 e. The van der Waals surface area contributed by atoms with Crippen molar-refractivity contribution in [3.8, 4) is 0 Å². The lowest BCUT2D eigenvalue weighted by atomic mass is 9.85. The molecule has 0 unspecified atom stereocenters. The van der Waals surface area contributed by atoms with Gasteiger partial charge in [-0.25, -0.2) is 4.90 Å². The van der Waals surface area contributed by atoms with E-state index in [0.717, 1.165) is 6.42 Å². The second kappa shape index (κ2) is 4.09. The summed E-state index contributed by atoms with van der Waals surface area (Å²) in [6, 6.07) is 5.01. The predicted molar refractivity (Wildman–Crippen MR) is 76.7 cm³/mol. The van der Waals surface area contributed by atoms with E-state index in [4.69, 9.17) is 23.2 Å². The summed E-state index contributed by atoms with van der Waals surface area (Å²) in [4.78, 5) is 26.5. The van der Waals surface area contributed by atoms with Crippen molar-refractivity contribution in [2.45, 2.75) is 6.42 Å². The Morgan fingerprint density at radius 3 is 2.20 bits per heavy atom. The fourth-order valence-corrected chi connectivity index (χ4v) is 4.18. The molecule has 20 heavy (non-hydrogen) atoms. The second-order valence-corrected chi connectivity index (χ2v) is 6.37. The zero-order valence-electron chi connectivity index (χ0n) is 10.4. The van der Waals surface area contributed by atoms with E-state index in [1.165, 1.54) is 4.90 Å². The molecule has 0 aromatic heterocycles. The Labute approximate surface area is 126 Å². The number of fused-ring (bicyclic) bond motifs is 5. The van der Waals surface area contributed by atoms with E-state index in [1.807, 2.05) is 0 Å². The van der Waals surface area contributed by atoms with Gasteiger partial charge in [0.25, 0.3) is 0 Å². The normalized spacial score (nSPS) is 34.2. The Morgan fingerprint density at radius 1 is 1.00 bits per heavy atom. The van der Waals surface area contributed by atoms with E-state index in [9.17, 15) is 9.59 Å². The summed E-state index contributed by atoms with van der Waals surface area (Å²) in [5.41, 5.74) is 0.406. The molecule has 1 aromatic carbocycles. The maximum atomic E-state index is 12.6. The minimum atomic E-state index is -0.215. The Bertz CT molecular complexity index is 640. The zero-order valence-corrected chi connectivity index (χ0v) is 11.9. The van der Waals surface area contributed by atoms with Crippen LogP contribution in [0, 0.1) is 23.7 Å². The highest BCUT2D eigenvalue weighted by atomic mass is 35.5. The number of halogens is 2. The van der Waals surface area contributed by atoms with Gasteiger partial charge in [0.15, 0.2) is 0 Å². The summed E-state index contributed by atoms with van der Waals surface area (Å²) < 4.78 is 0. The number of hydrogen-bond donors (Lipinski definition) is 0. The van der Waals surface area contributed by atoms with Gasteiger partial charge in [-0.3, -0.25) is 9.59 Å². The number of allylic oxidation sites excluding steroid dienone is 2. The summed E-state index contributed by atoms with van der Waals surface area (Å²) in [6.45, 7) is 0. The molecule has 2 fully saturated rings. The van der Waals surface area contributed by atoms with Crippen molar-refractivity contribution in [2.75, 3.05) is 4.90 Å². The molecule has 0 spiro atoms. The van der Waals surface area contributed by atoms with Crippen LogP contribution in [0.4, 0.5) is 5.69 Å². The minimum Gasteiger partial charge on any atom is -0.274 e. The van der Waals surface area contributed by atoms with Crippen molar-refractivity contribution < 1.29 is 9.59 Å². The lowest BCUT2D eigenvalue weighted by molar-refractivity contribution is -0.123. The number of benzene rings is 1. The summed E-state index contributed by atoms with van der Waals surface area (Å²) in [5, 5.41) is 0.610. The molecule has 1 aliphatic heterocycles. The smallest absolute Gasteiger partial charge is 0.238 e. The van der Waals surface area contributed by atoms with Crippen LogP contribution in [-0.4, -0.2) is 11.8 Å². The molecule has 4 rings (SSSR count). The standard InChI is InChI=1S/C15H11Cl2NO2/c16-9-2-1-3-10(13(9)17)18-14(19)11-7-4-5-8(6-7)12(11)15(18)20/h1-5,7-8,11-12H,6H2/t7-,8+,11-,12+. The predicted octanol–water partition coefficient (Wildman–Crippen LogP) is 3.30. The molecule has 102 valence electrons. The number of amides is 2. The van der Waals surface area contributed by atoms with Crippen LogP contribution in [0.1, 0.15) is 6.42 Å². The van der Waals surface area contributed by atoms with E-state index >= 15 is 0 Å². The lowest BCUT2D eigenvalue weighted by Crippen LogP contribution is -2.33. The molecule has 3 nitrogen and oxygen atoms in total. The number of imide groups is 1. The highest BCUT2D eigenvalue weighted by Crippen LogP contribution is 2.53. The van der Waals surface area contributed by atoms with Crippen molar-refractivity contribution in [1.82, 2.24) is 0 Å². The summed E-state index contributed by atoms with van der Waals surface area (Å²) >= 11 is 12.1. The Balaban J connectivity index is 1.80. The van der Waals surface area contributed by atoms with Crippen molar-refractivity contribution in [2.24, 2.45) is 23.7 Å². The van der Waals surface area contributed by atoms with Gasteiger partial charge in [-0.2, -0.15) is 0 Å². The first-order chi connectivity index (χ1) is 9.59. The molecule has 1 saturated carbocycles. The Kier molecular flexibility index (Phi) is 2.54. The Morgan fingerprint density at radius 2 is 1.60 bits per heavy atom. The van der Waals surface area contributed by atoms with E-state index in [2.05, 4.69) is 12.2 Å². The molecule has 5 heteroatoms. The SMILES string of the molecule is O=C1[C@@H]2[C@H](C(=O)N1c1cccc(Cl)c1Cl)[C@@H]1C=C[C@H]2C1. The van der Waals surface area contributed by atoms with Crippen molar-refractivity contribution >= 4 is 40.7 Å². The van der Waals surface area contributed by atoms with Gasteiger partial charge in [0.2, 0.25) is 11.8 Å². The largest absolute Gasteiger partial charge is 0.274 e. The maximum absolute atomic E-state index is 12.6. The van der Waals surface area contributed by atoms with Crippen LogP contribution >= 0.6 is 23.2 Å². The third kappa shape index (κ3) is 1.42. The monoisotopic (exact) mass is 307 g/mol. The van der Waals surface area contributed by atoms with Gasteiger partial charge >= 0.3 is 0 Å². The molecule has 1 heterocycles. The van der Waals surface area contributed by atoms with Crippen molar-refractivity contribution in [1.29, 1.82) is 0 Å². The number of nitrogens with zero attached hydrogens (tertiary/aromatic N) is 1. The third-order valence-electron chi connectivity index (χ3n) is 4.64. The summed E-state index contributed by atoms with van der Waals surface area (Å²) in [6.07, 6.45) is 5.06. The van der Waals surface area contributed by atoms with Gasteiger partial charge in [0, 0.05) is 0 Å². The number of carbonyl (C=O) groups is 2. The minimum absolute atomic E-state index is 0.138. The van der Waals surface area contributed by atoms with E-state index in [-0.39, 0.29) is 40.5 Å². The molecule has 3 aliphatic rings. The van der Waals surface area contributed by atoms with E-state index < -0.39 is 0 Å². The van der Waals surface area contributed by atoms with Crippen molar-refractivity contribution in [3.63, 3.8) is 0 Å². The first-order valence-electron chi connectivity index (χ1n) is 6.59. The molecule has 1 saturated heterocycles. The zero-order chi connectivity index (χ0) is 14.0. The second-order valence-electron chi connectivity index (χ2n) is 5.58. The van der Waals surface area contributed by atoms with Crippen LogP contribution in [0.2, 0.25) is 10.0 Å². The van der Waals surface area contributed by atoms with E-state index in [0.29, 0.717) is 10.7 Å². The topological polar surface area (TPSA) is 37.4 Å². The van der Waals surface area contributed by atoms with Gasteiger partial charge in [-0.1, -0.05) is 41.4 Å². The van der Waals surface area contributed by atoms with Gasteiger partial charge in [0.1, 0.15) is 0 Å². The average Bonchev–Trinajstić information content (AvgIpc) is 3.09. The van der Waals surface area contributed by atoms with E-state index in [1.54, 1.807) is 18.2 Å². The molecular formula is C15H11Cl2NO2. The van der Waals surface area contributed by atoms with Gasteiger partial charge < -0.3 is 0 Å². The highest BCUT2D eigenvalue weighted by Gasteiger charge is 2.59. The van der Waals surface area contributed by atoms with Crippen LogP contribution in [0.15, 0.2) is 30.4 Å². The van der Waals surface area contributed by atoms with Gasteiger partial charge in [0.05, 0.1) is 27.6 Å². The highest BCUT2D eigenvalue weighted by molar-refractivity contribution is 6.44. The first-order valence-corrected chi connectivity index (χ1v) is 7.35. The molecule has 2 bridgehead atoms. The van der Waals surface area contributed by atoms with Crippen molar-refractivity contribution in [3.05, 3.63) is 40.4 Å².